The Hall–Kier alpha value is -0.120. The van der Waals surface area contributed by atoms with Crippen molar-refractivity contribution in [3.8, 4) is 0 Å². The highest BCUT2D eigenvalue weighted by Gasteiger charge is 2.35. The molecule has 3 nitrogen and oxygen atoms in total. The van der Waals surface area contributed by atoms with Crippen LogP contribution in [0.25, 0.3) is 0 Å². The van der Waals surface area contributed by atoms with E-state index in [2.05, 4.69) is 0 Å². The van der Waals surface area contributed by atoms with Gasteiger partial charge in [-0.2, -0.15) is 0 Å². The van der Waals surface area contributed by atoms with E-state index in [1.165, 1.54) is 12.8 Å². The monoisotopic (exact) mass is 201 g/mol. The Bertz CT molecular complexity index is 157. The van der Waals surface area contributed by atoms with Crippen molar-refractivity contribution < 1.29 is 9.47 Å². The molecule has 0 heterocycles. The summed E-state index contributed by atoms with van der Waals surface area (Å²) in [7, 11) is 0. The Kier molecular flexibility index (Phi) is 4.85. The molecule has 0 radical (unpaired) electrons. The lowest BCUT2D eigenvalue weighted by Gasteiger charge is -2.24. The molecule has 0 aromatic heterocycles. The molecule has 0 amide bonds. The standard InChI is InChI=1S/C11H23NO2/c1-4-13-11(9-5-6-9)10(12)7-14-8(2)3/h8-11H,4-7,12H2,1-3H3. The quantitative estimate of drug-likeness (QED) is 0.679. The van der Waals surface area contributed by atoms with Crippen LogP contribution in [0.3, 0.4) is 0 Å². The summed E-state index contributed by atoms with van der Waals surface area (Å²) in [5.74, 6) is 0.681. The van der Waals surface area contributed by atoms with Crippen LogP contribution in [-0.2, 0) is 9.47 Å². The van der Waals surface area contributed by atoms with Crippen LogP contribution in [0.4, 0.5) is 0 Å². The molecule has 1 fully saturated rings. The smallest absolute Gasteiger partial charge is 0.0776 e. The summed E-state index contributed by atoms with van der Waals surface area (Å²) < 4.78 is 11.2. The molecule has 84 valence electrons. The normalized spacial score (nSPS) is 21.2. The fraction of sp³-hybridized carbons (Fsp3) is 1.00. The van der Waals surface area contributed by atoms with E-state index in [4.69, 9.17) is 15.2 Å². The third-order valence-corrected chi connectivity index (χ3v) is 2.49. The molecule has 1 rings (SSSR count). The Morgan fingerprint density at radius 1 is 1.29 bits per heavy atom. The Balaban J connectivity index is 2.26. The van der Waals surface area contributed by atoms with Gasteiger partial charge in [0.1, 0.15) is 0 Å². The second kappa shape index (κ2) is 5.69. The summed E-state index contributed by atoms with van der Waals surface area (Å²) >= 11 is 0. The minimum Gasteiger partial charge on any atom is -0.377 e. The minimum absolute atomic E-state index is 0.0323. The molecular weight excluding hydrogens is 178 g/mol. The molecule has 0 spiro atoms. The lowest BCUT2D eigenvalue weighted by atomic mass is 10.1. The summed E-state index contributed by atoms with van der Waals surface area (Å²) in [6.07, 6.45) is 2.99. The highest BCUT2D eigenvalue weighted by molar-refractivity contribution is 4.88. The first-order valence-corrected chi connectivity index (χ1v) is 5.64. The summed E-state index contributed by atoms with van der Waals surface area (Å²) in [6, 6.07) is 0.0323. The average molecular weight is 201 g/mol. The van der Waals surface area contributed by atoms with Crippen LogP contribution in [0.2, 0.25) is 0 Å². The van der Waals surface area contributed by atoms with Crippen molar-refractivity contribution >= 4 is 0 Å². The van der Waals surface area contributed by atoms with Crippen LogP contribution in [0.1, 0.15) is 33.6 Å². The Labute approximate surface area is 86.9 Å². The molecule has 2 atom stereocenters. The van der Waals surface area contributed by atoms with Crippen LogP contribution in [0, 0.1) is 5.92 Å². The van der Waals surface area contributed by atoms with E-state index in [0.717, 1.165) is 6.61 Å². The molecule has 0 aromatic rings. The molecule has 0 aliphatic heterocycles. The minimum atomic E-state index is 0.0323. The van der Waals surface area contributed by atoms with Crippen molar-refractivity contribution in [2.24, 2.45) is 11.7 Å². The van der Waals surface area contributed by atoms with Crippen LogP contribution in [0.15, 0.2) is 0 Å². The van der Waals surface area contributed by atoms with E-state index >= 15 is 0 Å². The zero-order valence-corrected chi connectivity index (χ0v) is 9.53. The third kappa shape index (κ3) is 3.95. The Morgan fingerprint density at radius 3 is 2.36 bits per heavy atom. The van der Waals surface area contributed by atoms with E-state index in [0.29, 0.717) is 12.5 Å². The molecule has 1 aliphatic carbocycles. The van der Waals surface area contributed by atoms with E-state index < -0.39 is 0 Å². The van der Waals surface area contributed by atoms with Gasteiger partial charge in [0.15, 0.2) is 0 Å². The van der Waals surface area contributed by atoms with Gasteiger partial charge in [0.25, 0.3) is 0 Å². The van der Waals surface area contributed by atoms with Gasteiger partial charge < -0.3 is 15.2 Å². The first kappa shape index (κ1) is 12.0. The van der Waals surface area contributed by atoms with Crippen LogP contribution >= 0.6 is 0 Å². The molecule has 3 heteroatoms. The van der Waals surface area contributed by atoms with E-state index in [1.54, 1.807) is 0 Å². The Morgan fingerprint density at radius 2 is 1.93 bits per heavy atom. The van der Waals surface area contributed by atoms with Gasteiger partial charge >= 0.3 is 0 Å². The van der Waals surface area contributed by atoms with Crippen molar-refractivity contribution in [1.82, 2.24) is 0 Å². The maximum absolute atomic E-state index is 6.04. The lowest BCUT2D eigenvalue weighted by molar-refractivity contribution is -0.0127. The topological polar surface area (TPSA) is 44.5 Å². The first-order valence-electron chi connectivity index (χ1n) is 5.64. The summed E-state index contributed by atoms with van der Waals surface area (Å²) in [5.41, 5.74) is 6.04. The average Bonchev–Trinajstić information content (AvgIpc) is 2.93. The maximum Gasteiger partial charge on any atom is 0.0776 e. The second-order valence-corrected chi connectivity index (χ2v) is 4.30. The SMILES string of the molecule is CCOC(C(N)COC(C)C)C1CC1. The van der Waals surface area contributed by atoms with Crippen molar-refractivity contribution in [1.29, 1.82) is 0 Å². The van der Waals surface area contributed by atoms with Gasteiger partial charge in [-0.15, -0.1) is 0 Å². The fourth-order valence-corrected chi connectivity index (χ4v) is 1.62. The number of hydrogen-bond acceptors (Lipinski definition) is 3. The highest BCUT2D eigenvalue weighted by atomic mass is 16.5. The van der Waals surface area contributed by atoms with Crippen molar-refractivity contribution in [3.05, 3.63) is 0 Å². The zero-order chi connectivity index (χ0) is 10.6. The van der Waals surface area contributed by atoms with Crippen LogP contribution in [0.5, 0.6) is 0 Å². The van der Waals surface area contributed by atoms with Crippen molar-refractivity contribution in [2.75, 3.05) is 13.2 Å². The van der Waals surface area contributed by atoms with Gasteiger partial charge in [0, 0.05) is 6.61 Å². The summed E-state index contributed by atoms with van der Waals surface area (Å²) in [6.45, 7) is 7.43. The van der Waals surface area contributed by atoms with Crippen LogP contribution < -0.4 is 5.73 Å². The lowest BCUT2D eigenvalue weighted by Crippen LogP contribution is -2.42. The number of nitrogens with two attached hydrogens (primary N) is 1. The van der Waals surface area contributed by atoms with Crippen molar-refractivity contribution in [2.45, 2.75) is 51.9 Å². The van der Waals surface area contributed by atoms with Gasteiger partial charge in [-0.05, 0) is 39.5 Å². The molecule has 2 unspecified atom stereocenters. The molecule has 1 saturated carbocycles. The number of rotatable bonds is 7. The molecule has 0 saturated heterocycles. The van der Waals surface area contributed by atoms with Gasteiger partial charge in [-0.1, -0.05) is 0 Å². The molecule has 14 heavy (non-hydrogen) atoms. The maximum atomic E-state index is 6.04. The predicted octanol–water partition coefficient (Wildman–Crippen LogP) is 1.55. The first-order chi connectivity index (χ1) is 6.65. The van der Waals surface area contributed by atoms with Gasteiger partial charge in [-0.25, -0.2) is 0 Å². The number of ether oxygens (including phenoxy) is 2. The zero-order valence-electron chi connectivity index (χ0n) is 9.53. The highest BCUT2D eigenvalue weighted by Crippen LogP contribution is 2.35. The molecule has 1 aliphatic rings. The largest absolute Gasteiger partial charge is 0.377 e. The third-order valence-electron chi connectivity index (χ3n) is 2.49. The summed E-state index contributed by atoms with van der Waals surface area (Å²) in [4.78, 5) is 0. The molecular formula is C11H23NO2. The molecule has 0 aromatic carbocycles. The van der Waals surface area contributed by atoms with E-state index in [9.17, 15) is 0 Å². The fourth-order valence-electron chi connectivity index (χ4n) is 1.62. The van der Waals surface area contributed by atoms with Crippen LogP contribution in [-0.4, -0.2) is 31.5 Å². The van der Waals surface area contributed by atoms with Gasteiger partial charge in [0.05, 0.1) is 24.9 Å². The summed E-state index contributed by atoms with van der Waals surface area (Å²) in [5, 5.41) is 0. The van der Waals surface area contributed by atoms with E-state index in [1.807, 2.05) is 20.8 Å². The van der Waals surface area contributed by atoms with E-state index in [-0.39, 0.29) is 18.2 Å². The number of hydrogen-bond donors (Lipinski definition) is 1. The van der Waals surface area contributed by atoms with Gasteiger partial charge in [-0.3, -0.25) is 0 Å². The second-order valence-electron chi connectivity index (χ2n) is 4.30. The predicted molar refractivity (Wildman–Crippen MR) is 57.2 cm³/mol. The molecule has 0 bridgehead atoms. The molecule has 2 N–H and O–H groups in total. The van der Waals surface area contributed by atoms with Gasteiger partial charge in [0.2, 0.25) is 0 Å². The van der Waals surface area contributed by atoms with Crippen molar-refractivity contribution in [3.63, 3.8) is 0 Å².